The molecule has 2 aliphatic rings. The molecular formula is C25H30N2O3. The zero-order valence-corrected chi connectivity index (χ0v) is 17.7. The van der Waals surface area contributed by atoms with Gasteiger partial charge in [-0.3, -0.25) is 9.78 Å². The highest BCUT2D eigenvalue weighted by Crippen LogP contribution is 2.32. The van der Waals surface area contributed by atoms with E-state index in [0.29, 0.717) is 18.0 Å². The van der Waals surface area contributed by atoms with Crippen molar-refractivity contribution < 1.29 is 14.3 Å². The van der Waals surface area contributed by atoms with Gasteiger partial charge in [0.1, 0.15) is 0 Å². The number of aryl methyl sites for hydroxylation is 1. The average Bonchev–Trinajstić information content (AvgIpc) is 2.76. The van der Waals surface area contributed by atoms with Gasteiger partial charge in [-0.15, -0.1) is 0 Å². The lowest BCUT2D eigenvalue weighted by Gasteiger charge is -2.24. The lowest BCUT2D eigenvalue weighted by molar-refractivity contribution is -0.124. The Hall–Kier alpha value is -2.69. The van der Waals surface area contributed by atoms with Crippen molar-refractivity contribution in [1.29, 1.82) is 0 Å². The maximum atomic E-state index is 13.0. The number of carbonyl (C=O) groups is 2. The number of nitrogens with one attached hydrogen (secondary N) is 1. The van der Waals surface area contributed by atoms with Gasteiger partial charge in [-0.05, 0) is 68.9 Å². The van der Waals surface area contributed by atoms with Gasteiger partial charge in [0, 0.05) is 17.6 Å². The van der Waals surface area contributed by atoms with Crippen molar-refractivity contribution in [2.45, 2.75) is 58.3 Å². The number of esters is 1. The fraction of sp³-hybridized carbons (Fsp3) is 0.480. The number of ether oxygens (including phenoxy) is 1. The summed E-state index contributed by atoms with van der Waals surface area (Å²) in [4.78, 5) is 30.0. The highest BCUT2D eigenvalue weighted by molar-refractivity contribution is 6.05. The lowest BCUT2D eigenvalue weighted by atomic mass is 9.84. The van der Waals surface area contributed by atoms with Crippen molar-refractivity contribution in [1.82, 2.24) is 10.3 Å². The molecule has 1 unspecified atom stereocenters. The Morgan fingerprint density at radius 3 is 2.90 bits per heavy atom. The van der Waals surface area contributed by atoms with Crippen LogP contribution < -0.4 is 5.32 Å². The molecule has 4 rings (SSSR count). The summed E-state index contributed by atoms with van der Waals surface area (Å²) in [7, 11) is 0. The second-order valence-corrected chi connectivity index (χ2v) is 8.56. The van der Waals surface area contributed by atoms with Gasteiger partial charge in [0.15, 0.2) is 6.61 Å². The van der Waals surface area contributed by atoms with E-state index in [0.717, 1.165) is 60.7 Å². The van der Waals surface area contributed by atoms with E-state index < -0.39 is 5.97 Å². The normalized spacial score (nSPS) is 18.4. The zero-order valence-electron chi connectivity index (χ0n) is 17.7. The first-order valence-electron chi connectivity index (χ1n) is 11.1. The summed E-state index contributed by atoms with van der Waals surface area (Å²) < 4.78 is 5.45. The molecule has 30 heavy (non-hydrogen) atoms. The molecule has 5 heteroatoms. The number of pyridine rings is 1. The van der Waals surface area contributed by atoms with Crippen molar-refractivity contribution in [3.05, 3.63) is 52.7 Å². The summed E-state index contributed by atoms with van der Waals surface area (Å²) in [5, 5.41) is 3.68. The molecular weight excluding hydrogens is 376 g/mol. The smallest absolute Gasteiger partial charge is 0.339 e. The fourth-order valence-corrected chi connectivity index (χ4v) is 4.54. The van der Waals surface area contributed by atoms with Crippen LogP contribution in [0.15, 0.2) is 35.9 Å². The van der Waals surface area contributed by atoms with Gasteiger partial charge in [0.25, 0.3) is 5.91 Å². The van der Waals surface area contributed by atoms with Gasteiger partial charge >= 0.3 is 5.97 Å². The molecule has 2 aliphatic carbocycles. The number of allylic oxidation sites excluding steroid dienone is 1. The summed E-state index contributed by atoms with van der Waals surface area (Å²) in [6, 6.07) is 7.68. The van der Waals surface area contributed by atoms with Crippen LogP contribution in [0.4, 0.5) is 0 Å². The van der Waals surface area contributed by atoms with E-state index in [-0.39, 0.29) is 12.5 Å². The fourth-order valence-electron chi connectivity index (χ4n) is 4.54. The Kier molecular flexibility index (Phi) is 6.46. The third-order valence-corrected chi connectivity index (χ3v) is 6.20. The minimum atomic E-state index is -0.427. The van der Waals surface area contributed by atoms with Gasteiger partial charge in [-0.1, -0.05) is 36.8 Å². The molecule has 0 saturated heterocycles. The highest BCUT2D eigenvalue weighted by atomic mass is 16.5. The van der Waals surface area contributed by atoms with Gasteiger partial charge in [-0.25, -0.2) is 4.79 Å². The van der Waals surface area contributed by atoms with Crippen LogP contribution in [0.1, 0.15) is 67.1 Å². The third kappa shape index (κ3) is 4.72. The molecule has 2 aromatic rings. The molecule has 1 heterocycles. The summed E-state index contributed by atoms with van der Waals surface area (Å²) in [6.45, 7) is 2.54. The number of hydrogen-bond acceptors (Lipinski definition) is 4. The molecule has 0 aliphatic heterocycles. The van der Waals surface area contributed by atoms with Crippen molar-refractivity contribution in [2.24, 2.45) is 5.92 Å². The zero-order chi connectivity index (χ0) is 20.9. The molecule has 0 spiro atoms. The van der Waals surface area contributed by atoms with Crippen molar-refractivity contribution in [2.75, 3.05) is 13.2 Å². The maximum Gasteiger partial charge on any atom is 0.339 e. The van der Waals surface area contributed by atoms with E-state index in [2.05, 4.69) is 18.3 Å². The van der Waals surface area contributed by atoms with Crippen LogP contribution in [0.3, 0.4) is 0 Å². The molecule has 0 saturated carbocycles. The Morgan fingerprint density at radius 2 is 2.07 bits per heavy atom. The Bertz CT molecular complexity index is 980. The van der Waals surface area contributed by atoms with Crippen LogP contribution in [0.5, 0.6) is 0 Å². The largest absolute Gasteiger partial charge is 0.452 e. The van der Waals surface area contributed by atoms with E-state index in [1.807, 2.05) is 24.3 Å². The van der Waals surface area contributed by atoms with E-state index in [4.69, 9.17) is 9.72 Å². The quantitative estimate of drug-likeness (QED) is 0.566. The van der Waals surface area contributed by atoms with E-state index in [1.165, 1.54) is 18.4 Å². The number of hydrogen-bond donors (Lipinski definition) is 1. The number of rotatable bonds is 6. The van der Waals surface area contributed by atoms with E-state index in [1.54, 1.807) is 0 Å². The van der Waals surface area contributed by atoms with Crippen LogP contribution >= 0.6 is 0 Å². The third-order valence-electron chi connectivity index (χ3n) is 6.20. The minimum absolute atomic E-state index is 0.250. The van der Waals surface area contributed by atoms with Crippen LogP contribution in [0, 0.1) is 5.92 Å². The molecule has 1 aromatic carbocycles. The predicted octanol–water partition coefficient (Wildman–Crippen LogP) is 4.52. The number of fused-ring (bicyclic) bond motifs is 2. The molecule has 0 bridgehead atoms. The molecule has 1 aromatic heterocycles. The number of nitrogens with zero attached hydrogens (tertiary/aromatic N) is 1. The number of benzene rings is 1. The maximum absolute atomic E-state index is 13.0. The second-order valence-electron chi connectivity index (χ2n) is 8.56. The average molecular weight is 407 g/mol. The van der Waals surface area contributed by atoms with Gasteiger partial charge < -0.3 is 10.1 Å². The topological polar surface area (TPSA) is 68.3 Å². The van der Waals surface area contributed by atoms with Crippen molar-refractivity contribution in [3.63, 3.8) is 0 Å². The van der Waals surface area contributed by atoms with Crippen LogP contribution in [-0.2, 0) is 22.4 Å². The standard InChI is InChI=1S/C25H30N2O3/c1-17-11-12-22-20(15-17)24(19-9-5-6-10-21(19)27-22)25(29)30-16-23(28)26-14-13-18-7-3-2-4-8-18/h5-7,9-10,17H,2-4,8,11-16H2,1H3,(H,26,28). The van der Waals surface area contributed by atoms with Gasteiger partial charge in [0.2, 0.25) is 0 Å². The molecule has 0 radical (unpaired) electrons. The minimum Gasteiger partial charge on any atom is -0.452 e. The summed E-state index contributed by atoms with van der Waals surface area (Å²) in [5.74, 6) is -0.172. The first-order chi connectivity index (χ1) is 14.6. The van der Waals surface area contributed by atoms with Crippen LogP contribution in [0.2, 0.25) is 0 Å². The second kappa shape index (κ2) is 9.41. The van der Waals surface area contributed by atoms with Gasteiger partial charge in [0.05, 0.1) is 11.1 Å². The lowest BCUT2D eigenvalue weighted by Crippen LogP contribution is -2.30. The van der Waals surface area contributed by atoms with Crippen molar-refractivity contribution >= 4 is 22.8 Å². The first kappa shape index (κ1) is 20.6. The summed E-state index contributed by atoms with van der Waals surface area (Å²) in [6.07, 6.45) is 10.7. The van der Waals surface area contributed by atoms with E-state index in [9.17, 15) is 9.59 Å². The molecule has 5 nitrogen and oxygen atoms in total. The molecule has 0 fully saturated rings. The van der Waals surface area contributed by atoms with Crippen molar-refractivity contribution in [3.8, 4) is 0 Å². The van der Waals surface area contributed by atoms with Gasteiger partial charge in [-0.2, -0.15) is 0 Å². The Labute approximate surface area is 177 Å². The first-order valence-corrected chi connectivity index (χ1v) is 11.1. The Balaban J connectivity index is 1.42. The van der Waals surface area contributed by atoms with Crippen LogP contribution in [-0.4, -0.2) is 30.0 Å². The number of amides is 1. The highest BCUT2D eigenvalue weighted by Gasteiger charge is 2.26. The summed E-state index contributed by atoms with van der Waals surface area (Å²) in [5.41, 5.74) is 4.79. The number of aromatic nitrogens is 1. The Morgan fingerprint density at radius 1 is 1.20 bits per heavy atom. The number of carbonyl (C=O) groups excluding carboxylic acids is 2. The van der Waals surface area contributed by atoms with E-state index >= 15 is 0 Å². The summed E-state index contributed by atoms with van der Waals surface area (Å²) >= 11 is 0. The van der Waals surface area contributed by atoms with Crippen LogP contribution in [0.25, 0.3) is 10.9 Å². The SMILES string of the molecule is CC1CCc2nc3ccccc3c(C(=O)OCC(=O)NCCC3=CCCCC3)c2C1. The molecule has 1 N–H and O–H groups in total. The molecule has 158 valence electrons. The number of para-hydroxylation sites is 1. The monoisotopic (exact) mass is 406 g/mol. The predicted molar refractivity (Wildman–Crippen MR) is 117 cm³/mol. The molecule has 1 amide bonds. The molecule has 1 atom stereocenters.